The minimum absolute atomic E-state index is 0.0572. The van der Waals surface area contributed by atoms with Crippen molar-refractivity contribution in [1.29, 1.82) is 0 Å². The summed E-state index contributed by atoms with van der Waals surface area (Å²) in [6, 6.07) is 0.220. The van der Waals surface area contributed by atoms with Gasteiger partial charge in [-0.15, -0.1) is 0 Å². The summed E-state index contributed by atoms with van der Waals surface area (Å²) < 4.78 is 5.33. The Hall–Kier alpha value is -0.570. The molecule has 0 aliphatic heterocycles. The van der Waals surface area contributed by atoms with Crippen LogP contribution >= 0.6 is 0 Å². The maximum Gasteiger partial charge on any atom is 0.311 e. The van der Waals surface area contributed by atoms with Crippen molar-refractivity contribution in [3.8, 4) is 0 Å². The first-order valence-electron chi connectivity index (χ1n) is 4.86. The van der Waals surface area contributed by atoms with E-state index in [1.54, 1.807) is 0 Å². The van der Waals surface area contributed by atoms with Gasteiger partial charge in [0.25, 0.3) is 0 Å². The molecule has 0 bridgehead atoms. The molecule has 0 radical (unpaired) electrons. The molecular weight excluding hydrogens is 166 g/mol. The van der Waals surface area contributed by atoms with Gasteiger partial charge in [-0.3, -0.25) is 4.79 Å². The van der Waals surface area contributed by atoms with Crippen molar-refractivity contribution >= 4 is 5.97 Å². The largest absolute Gasteiger partial charge is 0.462 e. The van der Waals surface area contributed by atoms with E-state index >= 15 is 0 Å². The van der Waals surface area contributed by atoms with Gasteiger partial charge in [0.15, 0.2) is 0 Å². The summed E-state index contributed by atoms with van der Waals surface area (Å²) in [5.41, 5.74) is 5.32. The second-order valence-corrected chi connectivity index (χ2v) is 4.85. The highest BCUT2D eigenvalue weighted by Crippen LogP contribution is 2.24. The lowest BCUT2D eigenvalue weighted by Gasteiger charge is -2.20. The van der Waals surface area contributed by atoms with Crippen LogP contribution in [0, 0.1) is 5.41 Å². The van der Waals surface area contributed by atoms with E-state index in [9.17, 15) is 4.79 Å². The Morgan fingerprint density at radius 1 is 1.38 bits per heavy atom. The van der Waals surface area contributed by atoms with Crippen LogP contribution in [0.3, 0.4) is 0 Å². The molecule has 1 rings (SSSR count). The molecule has 76 valence electrons. The van der Waals surface area contributed by atoms with Gasteiger partial charge in [0.05, 0.1) is 5.41 Å². The molecule has 1 saturated carbocycles. The number of carbonyl (C=O) groups excluding carboxylic acids is 1. The zero-order valence-electron chi connectivity index (χ0n) is 8.67. The van der Waals surface area contributed by atoms with Gasteiger partial charge in [-0.1, -0.05) is 0 Å². The van der Waals surface area contributed by atoms with Crippen molar-refractivity contribution in [3.63, 3.8) is 0 Å². The van der Waals surface area contributed by atoms with Crippen LogP contribution < -0.4 is 5.73 Å². The minimum Gasteiger partial charge on any atom is -0.462 e. The summed E-state index contributed by atoms with van der Waals surface area (Å²) in [6.45, 7) is 5.60. The van der Waals surface area contributed by atoms with Crippen molar-refractivity contribution in [1.82, 2.24) is 0 Å². The Morgan fingerprint density at radius 3 is 2.38 bits per heavy atom. The van der Waals surface area contributed by atoms with Crippen LogP contribution in [0.1, 0.15) is 40.0 Å². The van der Waals surface area contributed by atoms with Crippen LogP contribution in [0.15, 0.2) is 0 Å². The average molecular weight is 185 g/mol. The minimum atomic E-state index is -0.396. The summed E-state index contributed by atoms with van der Waals surface area (Å²) in [7, 11) is 0. The number of ether oxygens (including phenoxy) is 1. The van der Waals surface area contributed by atoms with Crippen LogP contribution in [0.2, 0.25) is 0 Å². The third kappa shape index (κ3) is 2.99. The Balaban J connectivity index is 2.37. The van der Waals surface area contributed by atoms with Gasteiger partial charge in [-0.05, 0) is 40.0 Å². The summed E-state index contributed by atoms with van der Waals surface area (Å²) in [6.07, 6.45) is 2.77. The smallest absolute Gasteiger partial charge is 0.311 e. The van der Waals surface area contributed by atoms with E-state index < -0.39 is 5.41 Å². The lowest BCUT2D eigenvalue weighted by molar-refractivity contribution is -0.158. The topological polar surface area (TPSA) is 52.3 Å². The quantitative estimate of drug-likeness (QED) is 0.629. The van der Waals surface area contributed by atoms with Gasteiger partial charge >= 0.3 is 5.97 Å². The molecule has 2 atom stereocenters. The lowest BCUT2D eigenvalue weighted by atomic mass is 9.97. The second kappa shape index (κ2) is 3.66. The number of rotatable bonds is 1. The van der Waals surface area contributed by atoms with E-state index in [0.29, 0.717) is 0 Å². The highest BCUT2D eigenvalue weighted by molar-refractivity contribution is 5.75. The van der Waals surface area contributed by atoms with Gasteiger partial charge in [-0.25, -0.2) is 0 Å². The summed E-state index contributed by atoms with van der Waals surface area (Å²) in [5, 5.41) is 0. The van der Waals surface area contributed by atoms with Crippen molar-refractivity contribution in [2.24, 2.45) is 11.1 Å². The second-order valence-electron chi connectivity index (χ2n) is 4.85. The maximum absolute atomic E-state index is 11.5. The van der Waals surface area contributed by atoms with Crippen molar-refractivity contribution < 1.29 is 9.53 Å². The fraction of sp³-hybridized carbons (Fsp3) is 0.900. The molecule has 0 spiro atoms. The third-order valence-electron chi connectivity index (χ3n) is 2.31. The Bertz CT molecular complexity index is 196. The Labute approximate surface area is 79.6 Å². The van der Waals surface area contributed by atoms with E-state index in [4.69, 9.17) is 10.5 Å². The number of hydrogen-bond donors (Lipinski definition) is 1. The monoisotopic (exact) mass is 185 g/mol. The number of esters is 1. The van der Waals surface area contributed by atoms with Crippen molar-refractivity contribution in [2.45, 2.75) is 52.2 Å². The van der Waals surface area contributed by atoms with Crippen molar-refractivity contribution in [3.05, 3.63) is 0 Å². The summed E-state index contributed by atoms with van der Waals surface area (Å²) in [4.78, 5) is 11.5. The van der Waals surface area contributed by atoms with Gasteiger partial charge in [0, 0.05) is 6.04 Å². The molecule has 1 fully saturated rings. The highest BCUT2D eigenvalue weighted by Gasteiger charge is 2.30. The summed E-state index contributed by atoms with van der Waals surface area (Å²) in [5.74, 6) is -0.119. The van der Waals surface area contributed by atoms with E-state index in [1.165, 1.54) is 0 Å². The molecule has 13 heavy (non-hydrogen) atoms. The van der Waals surface area contributed by atoms with E-state index in [1.807, 2.05) is 20.8 Å². The molecule has 0 aromatic carbocycles. The van der Waals surface area contributed by atoms with E-state index in [2.05, 4.69) is 0 Å². The average Bonchev–Trinajstić information content (AvgIpc) is 2.33. The SMILES string of the molecule is CC(C)(C)C(=O)OC1CCC(N)C1. The summed E-state index contributed by atoms with van der Waals surface area (Å²) >= 11 is 0. The standard InChI is InChI=1S/C10H19NO2/c1-10(2,3)9(12)13-8-5-4-7(11)6-8/h7-8H,4-6,11H2,1-3H3. The van der Waals surface area contributed by atoms with Crippen LogP contribution in [0.25, 0.3) is 0 Å². The molecule has 2 N–H and O–H groups in total. The maximum atomic E-state index is 11.5. The fourth-order valence-corrected chi connectivity index (χ4v) is 1.41. The molecule has 0 amide bonds. The number of nitrogens with two attached hydrogens (primary N) is 1. The molecule has 2 unspecified atom stereocenters. The van der Waals surface area contributed by atoms with E-state index in [0.717, 1.165) is 19.3 Å². The van der Waals surface area contributed by atoms with Crippen LogP contribution in [-0.2, 0) is 9.53 Å². The molecule has 3 nitrogen and oxygen atoms in total. The lowest BCUT2D eigenvalue weighted by Crippen LogP contribution is -2.28. The molecular formula is C10H19NO2. The number of carbonyl (C=O) groups is 1. The third-order valence-corrected chi connectivity index (χ3v) is 2.31. The van der Waals surface area contributed by atoms with Gasteiger partial charge in [0.2, 0.25) is 0 Å². The normalized spacial score (nSPS) is 28.9. The predicted octanol–water partition coefficient (Wildman–Crippen LogP) is 1.46. The highest BCUT2D eigenvalue weighted by atomic mass is 16.5. The van der Waals surface area contributed by atoms with Crippen LogP contribution in [-0.4, -0.2) is 18.1 Å². The zero-order valence-corrected chi connectivity index (χ0v) is 8.67. The Morgan fingerprint density at radius 2 is 2.00 bits per heavy atom. The first-order chi connectivity index (χ1) is 5.89. The molecule has 1 aliphatic rings. The Kier molecular flexibility index (Phi) is 2.96. The van der Waals surface area contributed by atoms with Gasteiger partial charge in [-0.2, -0.15) is 0 Å². The fourth-order valence-electron chi connectivity index (χ4n) is 1.41. The van der Waals surface area contributed by atoms with Crippen LogP contribution in [0.5, 0.6) is 0 Å². The number of hydrogen-bond acceptors (Lipinski definition) is 3. The van der Waals surface area contributed by atoms with Gasteiger partial charge < -0.3 is 10.5 Å². The molecule has 0 heterocycles. The first kappa shape index (κ1) is 10.5. The van der Waals surface area contributed by atoms with Crippen LogP contribution in [0.4, 0.5) is 0 Å². The zero-order chi connectivity index (χ0) is 10.1. The van der Waals surface area contributed by atoms with Crippen molar-refractivity contribution in [2.75, 3.05) is 0 Å². The molecule has 0 aromatic rings. The molecule has 0 aromatic heterocycles. The molecule has 3 heteroatoms. The van der Waals surface area contributed by atoms with Gasteiger partial charge in [0.1, 0.15) is 6.10 Å². The first-order valence-corrected chi connectivity index (χ1v) is 4.86. The van der Waals surface area contributed by atoms with E-state index in [-0.39, 0.29) is 18.1 Å². The molecule has 1 aliphatic carbocycles. The predicted molar refractivity (Wildman–Crippen MR) is 51.2 cm³/mol. The molecule has 0 saturated heterocycles.